The lowest BCUT2D eigenvalue weighted by atomic mass is 9.99. The molecule has 1 fully saturated rings. The van der Waals surface area contributed by atoms with Crippen LogP contribution >= 0.6 is 0 Å². The van der Waals surface area contributed by atoms with Crippen molar-refractivity contribution in [2.24, 2.45) is 0 Å². The van der Waals surface area contributed by atoms with Crippen molar-refractivity contribution in [2.75, 3.05) is 6.54 Å². The molecule has 0 amide bonds. The van der Waals surface area contributed by atoms with E-state index in [9.17, 15) is 9.18 Å². The Morgan fingerprint density at radius 1 is 1.73 bits per heavy atom. The first-order chi connectivity index (χ1) is 5.04. The molecule has 0 bridgehead atoms. The van der Waals surface area contributed by atoms with Gasteiger partial charge in [-0.25, -0.2) is 4.39 Å². The highest BCUT2D eigenvalue weighted by atomic mass is 19.1. The second-order valence-electron chi connectivity index (χ2n) is 3.09. The zero-order valence-electron chi connectivity index (χ0n) is 6.62. The van der Waals surface area contributed by atoms with Gasteiger partial charge in [-0.2, -0.15) is 0 Å². The van der Waals surface area contributed by atoms with E-state index >= 15 is 0 Å². The van der Waals surface area contributed by atoms with Gasteiger partial charge in [0.1, 0.15) is 12.2 Å². The monoisotopic (exact) mass is 161 g/mol. The van der Waals surface area contributed by atoms with Crippen molar-refractivity contribution in [3.8, 4) is 0 Å². The minimum Gasteiger partial charge on any atom is -0.480 e. The lowest BCUT2D eigenvalue weighted by Gasteiger charge is -2.43. The molecule has 11 heavy (non-hydrogen) atoms. The van der Waals surface area contributed by atoms with Crippen molar-refractivity contribution >= 4 is 5.97 Å². The van der Waals surface area contributed by atoms with E-state index in [1.807, 2.05) is 13.8 Å². The molecule has 0 aliphatic carbocycles. The number of carbonyl (C=O) groups is 1. The van der Waals surface area contributed by atoms with Crippen molar-refractivity contribution in [1.29, 1.82) is 0 Å². The van der Waals surface area contributed by atoms with E-state index in [4.69, 9.17) is 5.11 Å². The van der Waals surface area contributed by atoms with Crippen LogP contribution in [0.4, 0.5) is 4.39 Å². The van der Waals surface area contributed by atoms with Crippen LogP contribution in [-0.4, -0.2) is 40.8 Å². The molecule has 3 nitrogen and oxygen atoms in total. The average Bonchev–Trinajstić information content (AvgIpc) is 1.80. The first-order valence-corrected chi connectivity index (χ1v) is 3.66. The Labute approximate surface area is 64.8 Å². The molecule has 0 spiro atoms. The van der Waals surface area contributed by atoms with E-state index in [-0.39, 0.29) is 12.6 Å². The van der Waals surface area contributed by atoms with Gasteiger partial charge in [0.25, 0.3) is 0 Å². The molecule has 2 unspecified atom stereocenters. The lowest BCUT2D eigenvalue weighted by molar-refractivity contribution is -0.156. The van der Waals surface area contributed by atoms with Gasteiger partial charge in [-0.15, -0.1) is 0 Å². The summed E-state index contributed by atoms with van der Waals surface area (Å²) in [6.45, 7) is 3.98. The fourth-order valence-corrected chi connectivity index (χ4v) is 1.31. The van der Waals surface area contributed by atoms with Crippen LogP contribution in [0, 0.1) is 0 Å². The van der Waals surface area contributed by atoms with E-state index in [1.54, 1.807) is 4.90 Å². The van der Waals surface area contributed by atoms with Gasteiger partial charge in [0.05, 0.1) is 0 Å². The SMILES string of the molecule is CC(C)N1CC(F)C1C(=O)O. The molecular weight excluding hydrogens is 149 g/mol. The number of rotatable bonds is 2. The summed E-state index contributed by atoms with van der Waals surface area (Å²) >= 11 is 0. The number of likely N-dealkylation sites (tertiary alicyclic amines) is 1. The summed E-state index contributed by atoms with van der Waals surface area (Å²) in [4.78, 5) is 12.1. The molecule has 0 aromatic carbocycles. The second kappa shape index (κ2) is 2.77. The van der Waals surface area contributed by atoms with E-state index in [2.05, 4.69) is 0 Å². The number of halogens is 1. The number of carboxylic acid groups (broad SMARTS) is 1. The maximum absolute atomic E-state index is 12.6. The second-order valence-corrected chi connectivity index (χ2v) is 3.09. The quantitative estimate of drug-likeness (QED) is 0.641. The Hall–Kier alpha value is -0.640. The summed E-state index contributed by atoms with van der Waals surface area (Å²) in [5, 5.41) is 8.54. The Bertz CT molecular complexity index is 172. The molecule has 0 saturated carbocycles. The first kappa shape index (κ1) is 8.46. The van der Waals surface area contributed by atoms with Gasteiger partial charge >= 0.3 is 5.97 Å². The summed E-state index contributed by atoms with van der Waals surface area (Å²) < 4.78 is 12.6. The number of hydrogen-bond acceptors (Lipinski definition) is 2. The van der Waals surface area contributed by atoms with Crippen molar-refractivity contribution in [1.82, 2.24) is 4.90 Å². The molecule has 0 radical (unpaired) electrons. The van der Waals surface area contributed by atoms with Crippen LogP contribution in [0.2, 0.25) is 0 Å². The number of nitrogens with zero attached hydrogens (tertiary/aromatic N) is 1. The van der Waals surface area contributed by atoms with Crippen LogP contribution in [0.25, 0.3) is 0 Å². The summed E-state index contributed by atoms with van der Waals surface area (Å²) in [6, 6.07) is -0.793. The highest BCUT2D eigenvalue weighted by molar-refractivity contribution is 5.75. The Kier molecular flexibility index (Phi) is 2.13. The smallest absolute Gasteiger partial charge is 0.324 e. The van der Waals surface area contributed by atoms with Gasteiger partial charge in [-0.1, -0.05) is 0 Å². The summed E-state index contributed by atoms with van der Waals surface area (Å²) in [7, 11) is 0. The van der Waals surface area contributed by atoms with E-state index < -0.39 is 18.2 Å². The van der Waals surface area contributed by atoms with Crippen LogP contribution in [0.15, 0.2) is 0 Å². The molecule has 0 aromatic heterocycles. The number of aliphatic carboxylic acids is 1. The number of carboxylic acids is 1. The summed E-state index contributed by atoms with van der Waals surface area (Å²) in [5.41, 5.74) is 0. The molecule has 1 heterocycles. The average molecular weight is 161 g/mol. The third-order valence-corrected chi connectivity index (χ3v) is 2.00. The minimum absolute atomic E-state index is 0.114. The predicted octanol–water partition coefficient (Wildman–Crippen LogP) is 0.502. The zero-order chi connectivity index (χ0) is 8.59. The van der Waals surface area contributed by atoms with Crippen LogP contribution < -0.4 is 0 Å². The van der Waals surface area contributed by atoms with Crippen molar-refractivity contribution in [3.63, 3.8) is 0 Å². The third kappa shape index (κ3) is 1.35. The lowest BCUT2D eigenvalue weighted by Crippen LogP contribution is -2.64. The summed E-state index contributed by atoms with van der Waals surface area (Å²) in [6.07, 6.45) is -1.19. The molecule has 2 atom stereocenters. The largest absolute Gasteiger partial charge is 0.480 e. The van der Waals surface area contributed by atoms with Gasteiger partial charge < -0.3 is 5.11 Å². The normalized spacial score (nSPS) is 32.0. The van der Waals surface area contributed by atoms with Crippen molar-refractivity contribution < 1.29 is 14.3 Å². The van der Waals surface area contributed by atoms with Crippen LogP contribution in [0.1, 0.15) is 13.8 Å². The Balaban J connectivity index is 2.55. The minimum atomic E-state index is -1.19. The van der Waals surface area contributed by atoms with E-state index in [1.165, 1.54) is 0 Å². The van der Waals surface area contributed by atoms with Gasteiger partial charge in [-0.3, -0.25) is 9.69 Å². The van der Waals surface area contributed by atoms with Crippen LogP contribution in [0.3, 0.4) is 0 Å². The topological polar surface area (TPSA) is 40.5 Å². The van der Waals surface area contributed by atoms with Gasteiger partial charge in [0, 0.05) is 12.6 Å². The fourth-order valence-electron chi connectivity index (χ4n) is 1.31. The van der Waals surface area contributed by atoms with Crippen LogP contribution in [0.5, 0.6) is 0 Å². The predicted molar refractivity (Wildman–Crippen MR) is 38.2 cm³/mol. The molecule has 1 saturated heterocycles. The van der Waals surface area contributed by atoms with Gasteiger partial charge in [0.2, 0.25) is 0 Å². The maximum Gasteiger partial charge on any atom is 0.324 e. The molecule has 1 N–H and O–H groups in total. The molecule has 1 rings (SSSR count). The highest BCUT2D eigenvalue weighted by Crippen LogP contribution is 2.23. The van der Waals surface area contributed by atoms with Crippen molar-refractivity contribution in [3.05, 3.63) is 0 Å². The maximum atomic E-state index is 12.6. The fraction of sp³-hybridized carbons (Fsp3) is 0.857. The Morgan fingerprint density at radius 3 is 2.45 bits per heavy atom. The number of hydrogen-bond donors (Lipinski definition) is 1. The molecule has 4 heteroatoms. The summed E-state index contributed by atoms with van der Waals surface area (Å²) in [5.74, 6) is -1.06. The van der Waals surface area contributed by atoms with E-state index in [0.29, 0.717) is 0 Å². The molecular formula is C7H12FNO2. The van der Waals surface area contributed by atoms with Gasteiger partial charge in [0.15, 0.2) is 0 Å². The van der Waals surface area contributed by atoms with Crippen LogP contribution in [-0.2, 0) is 4.79 Å². The zero-order valence-corrected chi connectivity index (χ0v) is 6.62. The van der Waals surface area contributed by atoms with E-state index in [0.717, 1.165) is 0 Å². The molecule has 0 aromatic rings. The standard InChI is InChI=1S/C7H12FNO2/c1-4(2)9-3-5(8)6(9)7(10)11/h4-6H,3H2,1-2H3,(H,10,11). The van der Waals surface area contributed by atoms with Crippen molar-refractivity contribution in [2.45, 2.75) is 32.1 Å². The Morgan fingerprint density at radius 2 is 2.27 bits per heavy atom. The highest BCUT2D eigenvalue weighted by Gasteiger charge is 2.45. The van der Waals surface area contributed by atoms with Gasteiger partial charge in [-0.05, 0) is 13.8 Å². The first-order valence-electron chi connectivity index (χ1n) is 3.66. The number of alkyl halides is 1. The molecule has 1 aliphatic heterocycles. The third-order valence-electron chi connectivity index (χ3n) is 2.00. The molecule has 64 valence electrons. The molecule has 1 aliphatic rings.